The minimum absolute atomic E-state index is 0.0811. The summed E-state index contributed by atoms with van der Waals surface area (Å²) in [5, 5.41) is 4.49. The van der Waals surface area contributed by atoms with Crippen LogP contribution in [0.5, 0.6) is 28.7 Å². The molecule has 7 nitrogen and oxygen atoms in total. The number of ether oxygens (including phenoxy) is 7. The van der Waals surface area contributed by atoms with E-state index in [2.05, 4.69) is 102 Å². The Balaban J connectivity index is 1.19. The summed E-state index contributed by atoms with van der Waals surface area (Å²) in [6.45, 7) is 6.15. The third-order valence-corrected chi connectivity index (χ3v) is 9.66. The lowest BCUT2D eigenvalue weighted by Gasteiger charge is -2.32. The van der Waals surface area contributed by atoms with Gasteiger partial charge in [-0.2, -0.15) is 0 Å². The van der Waals surface area contributed by atoms with Gasteiger partial charge in [-0.1, -0.05) is 30.3 Å². The van der Waals surface area contributed by atoms with E-state index in [1.54, 1.807) is 0 Å². The van der Waals surface area contributed by atoms with Crippen molar-refractivity contribution >= 4 is 44.1 Å². The van der Waals surface area contributed by atoms with Crippen molar-refractivity contribution in [3.63, 3.8) is 0 Å². The minimum atomic E-state index is -0.0811. The Hall–Kier alpha value is -3.57. The van der Waals surface area contributed by atoms with Gasteiger partial charge in [0, 0.05) is 17.0 Å². The maximum Gasteiger partial charge on any atom is 0.135 e. The maximum atomic E-state index is 6.70. The van der Waals surface area contributed by atoms with E-state index in [-0.39, 0.29) is 24.2 Å². The number of fused-ring (bicyclic) bond motifs is 6. The fourth-order valence-electron chi connectivity index (χ4n) is 6.33. The Labute approximate surface area is 274 Å². The Morgan fingerprint density at radius 1 is 0.644 bits per heavy atom. The standard InChI is InChI=1S/C37H31IO7/c1-20-10-23(13-31(38)37(20)44-19-28-18-43-28)34-35-29-6-4-24(39-14-26-16-41-26)11-21(29)2-8-32(35)45-33-9-3-22-12-25(40-15-27-17-42-27)5-7-30(22)36(33)34/h2-13,26-28,34H,14-19H2,1H3. The van der Waals surface area contributed by atoms with E-state index < -0.39 is 0 Å². The molecule has 4 heterocycles. The number of rotatable bonds is 10. The number of epoxide rings is 3. The highest BCUT2D eigenvalue weighted by molar-refractivity contribution is 14.1. The first kappa shape index (κ1) is 27.7. The predicted molar refractivity (Wildman–Crippen MR) is 179 cm³/mol. The number of aryl methyl sites for hydroxylation is 1. The third kappa shape index (κ3) is 5.48. The molecule has 4 aliphatic heterocycles. The van der Waals surface area contributed by atoms with Crippen molar-refractivity contribution in [1.82, 2.24) is 0 Å². The van der Waals surface area contributed by atoms with Crippen LogP contribution in [0.3, 0.4) is 0 Å². The van der Waals surface area contributed by atoms with Gasteiger partial charge in [-0.25, -0.2) is 0 Å². The van der Waals surface area contributed by atoms with Crippen LogP contribution in [0.2, 0.25) is 0 Å². The Morgan fingerprint density at radius 3 is 1.64 bits per heavy atom. The molecule has 3 fully saturated rings. The zero-order valence-corrected chi connectivity index (χ0v) is 26.9. The van der Waals surface area contributed by atoms with Crippen LogP contribution >= 0.6 is 22.6 Å². The van der Waals surface area contributed by atoms with Gasteiger partial charge >= 0.3 is 0 Å². The van der Waals surface area contributed by atoms with E-state index in [1.807, 2.05) is 0 Å². The first-order valence-electron chi connectivity index (χ1n) is 15.4. The summed E-state index contributed by atoms with van der Waals surface area (Å²) in [7, 11) is 0. The van der Waals surface area contributed by atoms with Crippen molar-refractivity contribution in [3.05, 3.63) is 98.6 Å². The van der Waals surface area contributed by atoms with Crippen LogP contribution in [0.25, 0.3) is 21.5 Å². The molecule has 3 atom stereocenters. The van der Waals surface area contributed by atoms with Gasteiger partial charge in [0.15, 0.2) is 0 Å². The second-order valence-electron chi connectivity index (χ2n) is 12.2. The van der Waals surface area contributed by atoms with Crippen molar-refractivity contribution in [3.8, 4) is 28.7 Å². The van der Waals surface area contributed by atoms with E-state index in [4.69, 9.17) is 33.2 Å². The van der Waals surface area contributed by atoms with Crippen LogP contribution in [0.4, 0.5) is 0 Å². The summed E-state index contributed by atoms with van der Waals surface area (Å²) >= 11 is 2.41. The molecule has 45 heavy (non-hydrogen) atoms. The molecule has 5 aromatic rings. The molecule has 0 aromatic heterocycles. The Bertz CT molecular complexity index is 1830. The van der Waals surface area contributed by atoms with Gasteiger partial charge in [0.05, 0.1) is 23.4 Å². The van der Waals surface area contributed by atoms with Gasteiger partial charge < -0.3 is 33.2 Å². The SMILES string of the molecule is Cc1cc(C2c3c(ccc4cc(OCC5CO5)ccc34)Oc3ccc4cc(OCC5CO5)ccc4c32)cc(I)c1OCC1CO1. The Morgan fingerprint density at radius 2 is 1.16 bits per heavy atom. The lowest BCUT2D eigenvalue weighted by molar-refractivity contribution is 0.260. The van der Waals surface area contributed by atoms with E-state index in [0.29, 0.717) is 19.8 Å². The molecular formula is C37H31IO7. The fraction of sp³-hybridized carbons (Fsp3) is 0.297. The van der Waals surface area contributed by atoms with Gasteiger partial charge in [-0.3, -0.25) is 0 Å². The van der Waals surface area contributed by atoms with Crippen molar-refractivity contribution in [2.24, 2.45) is 0 Å². The third-order valence-electron chi connectivity index (χ3n) is 8.86. The first-order valence-corrected chi connectivity index (χ1v) is 16.5. The number of halogens is 1. The summed E-state index contributed by atoms with van der Waals surface area (Å²) in [5.41, 5.74) is 4.58. The molecule has 4 aliphatic rings. The van der Waals surface area contributed by atoms with Crippen LogP contribution in [0, 0.1) is 10.5 Å². The van der Waals surface area contributed by atoms with Crippen LogP contribution in [0.1, 0.15) is 28.2 Å². The van der Waals surface area contributed by atoms with Crippen LogP contribution < -0.4 is 18.9 Å². The van der Waals surface area contributed by atoms with Gasteiger partial charge in [-0.05, 0) is 105 Å². The zero-order chi connectivity index (χ0) is 30.1. The average molecular weight is 715 g/mol. The lowest BCUT2D eigenvalue weighted by Crippen LogP contribution is -2.14. The highest BCUT2D eigenvalue weighted by Crippen LogP contribution is 2.53. The summed E-state index contributed by atoms with van der Waals surface area (Å²) in [4.78, 5) is 0. The molecule has 8 heteroatoms. The highest BCUT2D eigenvalue weighted by atomic mass is 127. The second kappa shape index (κ2) is 11.0. The van der Waals surface area contributed by atoms with Gasteiger partial charge in [-0.15, -0.1) is 0 Å². The van der Waals surface area contributed by atoms with Crippen LogP contribution in [0.15, 0.2) is 72.8 Å². The first-order chi connectivity index (χ1) is 22.1. The van der Waals surface area contributed by atoms with E-state index in [1.165, 1.54) is 5.56 Å². The van der Waals surface area contributed by atoms with Gasteiger partial charge in [0.1, 0.15) is 66.9 Å². The van der Waals surface area contributed by atoms with Crippen molar-refractivity contribution in [2.75, 3.05) is 39.6 Å². The topological polar surface area (TPSA) is 74.5 Å². The average Bonchev–Trinajstić information content (AvgIpc) is 3.90. The summed E-state index contributed by atoms with van der Waals surface area (Å²) in [6.07, 6.45) is 0.603. The smallest absolute Gasteiger partial charge is 0.135 e. The van der Waals surface area contributed by atoms with Crippen molar-refractivity contribution < 1.29 is 33.2 Å². The van der Waals surface area contributed by atoms with E-state index in [9.17, 15) is 0 Å². The highest BCUT2D eigenvalue weighted by Gasteiger charge is 2.34. The normalized spacial score (nSPS) is 22.4. The summed E-state index contributed by atoms with van der Waals surface area (Å²) in [5.74, 6) is 4.24. The molecule has 0 amide bonds. The second-order valence-corrected chi connectivity index (χ2v) is 13.4. The largest absolute Gasteiger partial charge is 0.491 e. The molecule has 0 aliphatic carbocycles. The zero-order valence-electron chi connectivity index (χ0n) is 24.7. The number of hydrogen-bond acceptors (Lipinski definition) is 7. The summed E-state index contributed by atoms with van der Waals surface area (Å²) in [6, 6.07) is 25.6. The fourth-order valence-corrected chi connectivity index (χ4v) is 7.27. The minimum Gasteiger partial charge on any atom is -0.491 e. The van der Waals surface area contributed by atoms with E-state index in [0.717, 1.165) is 90.4 Å². The molecular weight excluding hydrogens is 683 g/mol. The molecule has 0 N–H and O–H groups in total. The number of benzene rings is 5. The molecule has 9 rings (SSSR count). The molecule has 0 saturated carbocycles. The molecule has 5 aromatic carbocycles. The number of hydrogen-bond donors (Lipinski definition) is 0. The molecule has 0 bridgehead atoms. The summed E-state index contributed by atoms with van der Waals surface area (Å²) < 4.78 is 42.2. The predicted octanol–water partition coefficient (Wildman–Crippen LogP) is 7.52. The van der Waals surface area contributed by atoms with E-state index >= 15 is 0 Å². The monoisotopic (exact) mass is 714 g/mol. The van der Waals surface area contributed by atoms with Crippen LogP contribution in [-0.4, -0.2) is 58.0 Å². The molecule has 0 radical (unpaired) electrons. The molecule has 3 unspecified atom stereocenters. The maximum absolute atomic E-state index is 6.70. The Kier molecular flexibility index (Phi) is 6.80. The quantitative estimate of drug-likeness (QED) is 0.107. The molecule has 228 valence electrons. The van der Waals surface area contributed by atoms with Crippen LogP contribution in [-0.2, 0) is 14.2 Å². The van der Waals surface area contributed by atoms with Gasteiger partial charge in [0.25, 0.3) is 0 Å². The molecule has 0 spiro atoms. The van der Waals surface area contributed by atoms with Crippen molar-refractivity contribution in [2.45, 2.75) is 31.2 Å². The lowest BCUT2D eigenvalue weighted by atomic mass is 9.78. The van der Waals surface area contributed by atoms with Gasteiger partial charge in [0.2, 0.25) is 0 Å². The molecule has 3 saturated heterocycles. The van der Waals surface area contributed by atoms with Crippen molar-refractivity contribution in [1.29, 1.82) is 0 Å².